The molecular formula is C21H23ClN4OS. The summed E-state index contributed by atoms with van der Waals surface area (Å²) in [6.45, 7) is 7.43. The number of benzene rings is 2. The monoisotopic (exact) mass is 414 g/mol. The number of para-hydroxylation sites is 1. The lowest BCUT2D eigenvalue weighted by Crippen LogP contribution is -2.31. The fourth-order valence-electron chi connectivity index (χ4n) is 2.97. The maximum atomic E-state index is 12.4. The first-order valence-corrected chi connectivity index (χ1v) is 10.6. The lowest BCUT2D eigenvalue weighted by Gasteiger charge is -2.18. The van der Waals surface area contributed by atoms with Crippen LogP contribution in [0.4, 0.5) is 0 Å². The molecule has 146 valence electrons. The quantitative estimate of drug-likeness (QED) is 0.518. The Labute approximate surface area is 174 Å². The van der Waals surface area contributed by atoms with Gasteiger partial charge in [0, 0.05) is 23.7 Å². The van der Waals surface area contributed by atoms with E-state index in [2.05, 4.69) is 23.2 Å². The van der Waals surface area contributed by atoms with Gasteiger partial charge in [0.25, 0.3) is 0 Å². The van der Waals surface area contributed by atoms with E-state index in [0.29, 0.717) is 29.0 Å². The highest BCUT2D eigenvalue weighted by atomic mass is 35.5. The van der Waals surface area contributed by atoms with Crippen LogP contribution in [-0.2, 0) is 4.79 Å². The van der Waals surface area contributed by atoms with Gasteiger partial charge < -0.3 is 4.90 Å². The van der Waals surface area contributed by atoms with Crippen LogP contribution in [-0.4, -0.2) is 44.4 Å². The van der Waals surface area contributed by atoms with Crippen molar-refractivity contribution in [1.82, 2.24) is 19.7 Å². The summed E-state index contributed by atoms with van der Waals surface area (Å²) >= 11 is 7.45. The Kier molecular flexibility index (Phi) is 6.75. The van der Waals surface area contributed by atoms with Crippen molar-refractivity contribution in [3.63, 3.8) is 0 Å². The molecule has 0 bridgehead atoms. The molecule has 0 saturated carbocycles. The van der Waals surface area contributed by atoms with Crippen molar-refractivity contribution >= 4 is 29.3 Å². The molecule has 3 rings (SSSR count). The van der Waals surface area contributed by atoms with Gasteiger partial charge in [-0.1, -0.05) is 41.6 Å². The van der Waals surface area contributed by atoms with E-state index < -0.39 is 0 Å². The van der Waals surface area contributed by atoms with Crippen LogP contribution in [0.5, 0.6) is 0 Å². The van der Waals surface area contributed by atoms with Gasteiger partial charge in [-0.2, -0.15) is 0 Å². The molecule has 3 aromatic rings. The van der Waals surface area contributed by atoms with Crippen LogP contribution in [0, 0.1) is 6.92 Å². The number of hydrogen-bond acceptors (Lipinski definition) is 4. The fraction of sp³-hybridized carbons (Fsp3) is 0.286. The Morgan fingerprint density at radius 3 is 2.39 bits per heavy atom. The number of amides is 1. The number of hydrogen-bond donors (Lipinski definition) is 0. The number of nitrogens with zero attached hydrogens (tertiary/aromatic N) is 4. The minimum atomic E-state index is 0.0994. The molecule has 0 aliphatic heterocycles. The second-order valence-electron chi connectivity index (χ2n) is 6.29. The van der Waals surface area contributed by atoms with Gasteiger partial charge in [0.1, 0.15) is 0 Å². The third-order valence-electron chi connectivity index (χ3n) is 4.53. The summed E-state index contributed by atoms with van der Waals surface area (Å²) in [6, 6.07) is 15.6. The van der Waals surface area contributed by atoms with Crippen LogP contribution in [0.1, 0.15) is 19.4 Å². The second kappa shape index (κ2) is 9.26. The normalized spacial score (nSPS) is 10.9. The van der Waals surface area contributed by atoms with E-state index in [9.17, 15) is 4.79 Å². The van der Waals surface area contributed by atoms with Crippen molar-refractivity contribution in [2.24, 2.45) is 0 Å². The minimum absolute atomic E-state index is 0.0994. The number of carbonyl (C=O) groups is 1. The molecule has 1 aromatic heterocycles. The number of aryl methyl sites for hydroxylation is 1. The van der Waals surface area contributed by atoms with Gasteiger partial charge in [-0.25, -0.2) is 0 Å². The maximum absolute atomic E-state index is 12.4. The number of rotatable bonds is 7. The summed E-state index contributed by atoms with van der Waals surface area (Å²) in [5.74, 6) is 1.15. The van der Waals surface area contributed by atoms with Crippen LogP contribution in [0.15, 0.2) is 53.7 Å². The molecule has 0 unspecified atom stereocenters. The Morgan fingerprint density at radius 1 is 1.07 bits per heavy atom. The maximum Gasteiger partial charge on any atom is 0.233 e. The van der Waals surface area contributed by atoms with Crippen molar-refractivity contribution < 1.29 is 4.79 Å². The number of halogens is 1. The van der Waals surface area contributed by atoms with E-state index >= 15 is 0 Å². The van der Waals surface area contributed by atoms with E-state index in [1.807, 2.05) is 65.8 Å². The van der Waals surface area contributed by atoms with Crippen molar-refractivity contribution in [3.8, 4) is 17.1 Å². The average Bonchev–Trinajstić information content (AvgIpc) is 3.12. The third kappa shape index (κ3) is 4.39. The van der Waals surface area contributed by atoms with Crippen LogP contribution in [0.2, 0.25) is 5.02 Å². The zero-order valence-electron chi connectivity index (χ0n) is 16.2. The van der Waals surface area contributed by atoms with E-state index in [0.717, 1.165) is 22.6 Å². The largest absolute Gasteiger partial charge is 0.343 e. The highest BCUT2D eigenvalue weighted by Gasteiger charge is 2.19. The highest BCUT2D eigenvalue weighted by Crippen LogP contribution is 2.30. The van der Waals surface area contributed by atoms with Crippen LogP contribution < -0.4 is 0 Å². The molecule has 0 aliphatic rings. The van der Waals surface area contributed by atoms with Gasteiger partial charge in [-0.05, 0) is 56.7 Å². The second-order valence-corrected chi connectivity index (χ2v) is 7.67. The predicted molar refractivity (Wildman–Crippen MR) is 115 cm³/mol. The summed E-state index contributed by atoms with van der Waals surface area (Å²) in [4.78, 5) is 14.3. The summed E-state index contributed by atoms with van der Waals surface area (Å²) in [5, 5.41) is 10.2. The molecule has 1 amide bonds. The summed E-state index contributed by atoms with van der Waals surface area (Å²) in [7, 11) is 0. The molecule has 0 saturated heterocycles. The lowest BCUT2D eigenvalue weighted by molar-refractivity contribution is -0.127. The summed E-state index contributed by atoms with van der Waals surface area (Å²) in [5.41, 5.74) is 3.02. The van der Waals surface area contributed by atoms with Gasteiger partial charge in [0.15, 0.2) is 11.0 Å². The topological polar surface area (TPSA) is 51.0 Å². The lowest BCUT2D eigenvalue weighted by atomic mass is 10.1. The molecule has 2 aromatic carbocycles. The first-order chi connectivity index (χ1) is 13.5. The molecule has 0 atom stereocenters. The molecule has 0 aliphatic carbocycles. The van der Waals surface area contributed by atoms with Crippen molar-refractivity contribution in [3.05, 3.63) is 59.1 Å². The van der Waals surface area contributed by atoms with Gasteiger partial charge in [-0.15, -0.1) is 10.2 Å². The number of aromatic nitrogens is 3. The highest BCUT2D eigenvalue weighted by molar-refractivity contribution is 7.99. The third-order valence-corrected chi connectivity index (χ3v) is 5.70. The Balaban J connectivity index is 2.00. The van der Waals surface area contributed by atoms with Gasteiger partial charge in [-0.3, -0.25) is 9.36 Å². The minimum Gasteiger partial charge on any atom is -0.343 e. The number of carbonyl (C=O) groups excluding carboxylic acids is 1. The van der Waals surface area contributed by atoms with Gasteiger partial charge >= 0.3 is 0 Å². The van der Waals surface area contributed by atoms with Crippen LogP contribution in [0.25, 0.3) is 17.1 Å². The molecule has 7 heteroatoms. The smallest absolute Gasteiger partial charge is 0.233 e. The van der Waals surface area contributed by atoms with Crippen molar-refractivity contribution in [2.75, 3.05) is 18.8 Å². The molecule has 0 radical (unpaired) electrons. The molecule has 0 N–H and O–H groups in total. The van der Waals surface area contributed by atoms with Crippen LogP contribution in [0.3, 0.4) is 0 Å². The van der Waals surface area contributed by atoms with E-state index in [1.54, 1.807) is 0 Å². The average molecular weight is 415 g/mol. The fourth-order valence-corrected chi connectivity index (χ4v) is 3.95. The van der Waals surface area contributed by atoms with Crippen molar-refractivity contribution in [1.29, 1.82) is 0 Å². The first-order valence-electron chi connectivity index (χ1n) is 9.23. The molecule has 5 nitrogen and oxygen atoms in total. The Bertz CT molecular complexity index is 951. The van der Waals surface area contributed by atoms with E-state index in [-0.39, 0.29) is 5.91 Å². The van der Waals surface area contributed by atoms with Gasteiger partial charge in [0.05, 0.1) is 11.4 Å². The molecular weight excluding hydrogens is 392 g/mol. The van der Waals surface area contributed by atoms with Gasteiger partial charge in [0.2, 0.25) is 5.91 Å². The zero-order chi connectivity index (χ0) is 20.1. The first kappa shape index (κ1) is 20.4. The molecule has 28 heavy (non-hydrogen) atoms. The standard InChI is InChI=1S/C21H23ClN4OS/c1-4-25(5-2)19(27)14-28-21-24-23-20(16-10-12-17(22)13-11-16)26(21)18-9-7-6-8-15(18)3/h6-13H,4-5,14H2,1-3H3. The van der Waals surface area contributed by atoms with Crippen molar-refractivity contribution in [2.45, 2.75) is 25.9 Å². The van der Waals surface area contributed by atoms with E-state index in [1.165, 1.54) is 11.8 Å². The SMILES string of the molecule is CCN(CC)C(=O)CSc1nnc(-c2ccc(Cl)cc2)n1-c1ccccc1C. The summed E-state index contributed by atoms with van der Waals surface area (Å²) in [6.07, 6.45) is 0. The molecule has 0 spiro atoms. The molecule has 0 fully saturated rings. The molecule has 1 heterocycles. The van der Waals surface area contributed by atoms with E-state index in [4.69, 9.17) is 11.6 Å². The predicted octanol–water partition coefficient (Wildman–Crippen LogP) is 4.86. The zero-order valence-corrected chi connectivity index (χ0v) is 17.8. The summed E-state index contributed by atoms with van der Waals surface area (Å²) < 4.78 is 2.01. The Hall–Kier alpha value is -2.31. The number of thioether (sulfide) groups is 1. The Morgan fingerprint density at radius 2 is 1.75 bits per heavy atom. The van der Waals surface area contributed by atoms with Crippen LogP contribution >= 0.6 is 23.4 Å².